The maximum atomic E-state index is 13.3. The zero-order valence-corrected chi connectivity index (χ0v) is 12.9. The Balaban J connectivity index is 2.22. The molecule has 0 heterocycles. The van der Waals surface area contributed by atoms with Crippen LogP contribution in [0, 0.1) is 5.82 Å². The monoisotopic (exact) mass is 339 g/mol. The molecule has 122 valence electrons. The lowest BCUT2D eigenvalue weighted by atomic mass is 10.1. The van der Waals surface area contributed by atoms with Crippen LogP contribution in [-0.4, -0.2) is 26.6 Å². The van der Waals surface area contributed by atoms with Gasteiger partial charge >= 0.3 is 5.97 Å². The zero-order chi connectivity index (χ0) is 17.0. The first-order valence-electron chi connectivity index (χ1n) is 6.49. The minimum atomic E-state index is -3.91. The van der Waals surface area contributed by atoms with Gasteiger partial charge in [-0.15, -0.1) is 0 Å². The summed E-state index contributed by atoms with van der Waals surface area (Å²) in [5.74, 6) is -1.81. The van der Waals surface area contributed by atoms with E-state index in [9.17, 15) is 17.6 Å². The van der Waals surface area contributed by atoms with Crippen LogP contribution in [0.2, 0.25) is 0 Å². The van der Waals surface area contributed by atoms with Gasteiger partial charge in [0.15, 0.2) is 11.6 Å². The molecule has 0 atom stereocenters. The number of aliphatic carboxylic acids is 1. The molecule has 0 bridgehead atoms. The van der Waals surface area contributed by atoms with E-state index in [2.05, 4.69) is 4.72 Å². The number of rotatable bonds is 6. The molecule has 2 rings (SSSR count). The largest absolute Gasteiger partial charge is 0.494 e. The lowest BCUT2D eigenvalue weighted by Gasteiger charge is -2.10. The van der Waals surface area contributed by atoms with Crippen LogP contribution in [0.25, 0.3) is 0 Å². The van der Waals surface area contributed by atoms with Crippen LogP contribution < -0.4 is 9.46 Å². The first-order valence-corrected chi connectivity index (χ1v) is 7.97. The molecule has 0 fully saturated rings. The molecule has 2 N–H and O–H groups in total. The second kappa shape index (κ2) is 6.66. The number of carbonyl (C=O) groups is 1. The molecule has 0 amide bonds. The predicted octanol–water partition coefficient (Wildman–Crippen LogP) is 2.26. The average Bonchev–Trinajstić information content (AvgIpc) is 2.48. The fourth-order valence-electron chi connectivity index (χ4n) is 1.89. The number of carboxylic acid groups (broad SMARTS) is 1. The summed E-state index contributed by atoms with van der Waals surface area (Å²) in [4.78, 5) is 10.5. The fraction of sp³-hybridized carbons (Fsp3) is 0.133. The van der Waals surface area contributed by atoms with Crippen molar-refractivity contribution in [2.24, 2.45) is 0 Å². The van der Waals surface area contributed by atoms with Gasteiger partial charge in [0.1, 0.15) is 0 Å². The summed E-state index contributed by atoms with van der Waals surface area (Å²) in [6.45, 7) is 0. The Kier molecular flexibility index (Phi) is 4.85. The maximum Gasteiger partial charge on any atom is 0.307 e. The summed E-state index contributed by atoms with van der Waals surface area (Å²) >= 11 is 0. The van der Waals surface area contributed by atoms with Gasteiger partial charge in [-0.1, -0.05) is 12.1 Å². The van der Waals surface area contributed by atoms with Crippen LogP contribution in [-0.2, 0) is 21.2 Å². The number of nitrogens with one attached hydrogen (secondary N) is 1. The van der Waals surface area contributed by atoms with Gasteiger partial charge in [-0.2, -0.15) is 0 Å². The van der Waals surface area contributed by atoms with E-state index < -0.39 is 21.8 Å². The average molecular weight is 339 g/mol. The highest BCUT2D eigenvalue weighted by atomic mass is 32.2. The van der Waals surface area contributed by atoms with Gasteiger partial charge < -0.3 is 9.84 Å². The molecule has 0 saturated heterocycles. The van der Waals surface area contributed by atoms with Crippen LogP contribution >= 0.6 is 0 Å². The van der Waals surface area contributed by atoms with Crippen molar-refractivity contribution in [3.05, 3.63) is 53.8 Å². The van der Waals surface area contributed by atoms with Crippen molar-refractivity contribution >= 4 is 21.7 Å². The first kappa shape index (κ1) is 16.8. The number of anilines is 1. The van der Waals surface area contributed by atoms with Gasteiger partial charge in [-0.25, -0.2) is 12.8 Å². The van der Waals surface area contributed by atoms with Crippen LogP contribution in [0.15, 0.2) is 47.4 Å². The third-order valence-corrected chi connectivity index (χ3v) is 4.37. The van der Waals surface area contributed by atoms with Gasteiger partial charge in [0.25, 0.3) is 10.0 Å². The third-order valence-electron chi connectivity index (χ3n) is 2.99. The first-order chi connectivity index (χ1) is 10.8. The summed E-state index contributed by atoms with van der Waals surface area (Å²) in [6.07, 6.45) is -0.151. The minimum absolute atomic E-state index is 0.148. The van der Waals surface area contributed by atoms with Gasteiger partial charge in [-0.05, 0) is 29.8 Å². The van der Waals surface area contributed by atoms with Crippen LogP contribution in [0.5, 0.6) is 5.75 Å². The normalized spacial score (nSPS) is 11.0. The molecule has 0 spiro atoms. The molecule has 0 aliphatic rings. The molecule has 23 heavy (non-hydrogen) atoms. The van der Waals surface area contributed by atoms with E-state index in [0.717, 1.165) is 18.2 Å². The number of hydrogen-bond donors (Lipinski definition) is 2. The molecule has 8 heteroatoms. The highest BCUT2D eigenvalue weighted by Crippen LogP contribution is 2.23. The van der Waals surface area contributed by atoms with E-state index in [1.54, 1.807) is 0 Å². The summed E-state index contributed by atoms with van der Waals surface area (Å²) in [7, 11) is -2.67. The number of hydrogen-bond acceptors (Lipinski definition) is 4. The Morgan fingerprint density at radius 3 is 2.43 bits per heavy atom. The number of sulfonamides is 1. The third kappa shape index (κ3) is 4.19. The molecule has 0 saturated carbocycles. The van der Waals surface area contributed by atoms with Crippen LogP contribution in [0.4, 0.5) is 10.1 Å². The van der Waals surface area contributed by atoms with Gasteiger partial charge in [-0.3, -0.25) is 9.52 Å². The molecule has 6 nitrogen and oxygen atoms in total. The summed E-state index contributed by atoms with van der Waals surface area (Å²) in [6, 6.07) is 9.14. The molecule has 0 aliphatic carbocycles. The molecule has 0 unspecified atom stereocenters. The Bertz CT molecular complexity index is 818. The molecule has 0 radical (unpaired) electrons. The van der Waals surface area contributed by atoms with Crippen LogP contribution in [0.1, 0.15) is 5.56 Å². The van der Waals surface area contributed by atoms with Crippen molar-refractivity contribution in [1.29, 1.82) is 0 Å². The van der Waals surface area contributed by atoms with E-state index >= 15 is 0 Å². The van der Waals surface area contributed by atoms with Crippen molar-refractivity contribution in [3.8, 4) is 5.75 Å². The second-order valence-corrected chi connectivity index (χ2v) is 6.35. The van der Waals surface area contributed by atoms with E-state index in [-0.39, 0.29) is 22.8 Å². The Hall–Kier alpha value is -2.61. The SMILES string of the molecule is COc1cc(S(=O)(=O)Nc2ccc(CC(=O)O)cc2)ccc1F. The maximum absolute atomic E-state index is 13.3. The Labute approximate surface area is 132 Å². The summed E-state index contributed by atoms with van der Waals surface area (Å²) in [5, 5.41) is 8.69. The van der Waals surface area contributed by atoms with Gasteiger partial charge in [0.05, 0.1) is 18.4 Å². The van der Waals surface area contributed by atoms with Crippen molar-refractivity contribution in [3.63, 3.8) is 0 Å². The topological polar surface area (TPSA) is 92.7 Å². The van der Waals surface area contributed by atoms with Crippen molar-refractivity contribution in [2.45, 2.75) is 11.3 Å². The Morgan fingerprint density at radius 1 is 1.22 bits per heavy atom. The van der Waals surface area contributed by atoms with Gasteiger partial charge in [0, 0.05) is 11.8 Å². The predicted molar refractivity (Wildman–Crippen MR) is 81.5 cm³/mol. The number of carboxylic acids is 1. The smallest absolute Gasteiger partial charge is 0.307 e. The molecule has 0 aromatic heterocycles. The number of benzene rings is 2. The van der Waals surface area contributed by atoms with E-state index in [1.807, 2.05) is 0 Å². The van der Waals surface area contributed by atoms with E-state index in [1.165, 1.54) is 31.4 Å². The molecule has 0 aliphatic heterocycles. The summed E-state index contributed by atoms with van der Waals surface area (Å²) in [5.41, 5.74) is 0.811. The van der Waals surface area contributed by atoms with Gasteiger partial charge in [0.2, 0.25) is 0 Å². The van der Waals surface area contributed by atoms with Crippen molar-refractivity contribution in [2.75, 3.05) is 11.8 Å². The molecular weight excluding hydrogens is 325 g/mol. The molecular formula is C15H14FNO5S. The zero-order valence-electron chi connectivity index (χ0n) is 12.1. The lowest BCUT2D eigenvalue weighted by molar-refractivity contribution is -0.136. The van der Waals surface area contributed by atoms with E-state index in [4.69, 9.17) is 9.84 Å². The standard InChI is InChI=1S/C15H14FNO5S/c1-22-14-9-12(6-7-13(14)16)23(20,21)17-11-4-2-10(3-5-11)8-15(18)19/h2-7,9,17H,8H2,1H3,(H,18,19). The second-order valence-electron chi connectivity index (χ2n) is 4.67. The van der Waals surface area contributed by atoms with Crippen LogP contribution in [0.3, 0.4) is 0 Å². The Morgan fingerprint density at radius 2 is 1.87 bits per heavy atom. The number of halogens is 1. The number of ether oxygens (including phenoxy) is 1. The van der Waals surface area contributed by atoms with E-state index in [0.29, 0.717) is 5.56 Å². The van der Waals surface area contributed by atoms with Crippen molar-refractivity contribution < 1.29 is 27.4 Å². The lowest BCUT2D eigenvalue weighted by Crippen LogP contribution is -2.13. The summed E-state index contributed by atoms with van der Waals surface area (Å²) < 4.78 is 45.0. The quantitative estimate of drug-likeness (QED) is 0.842. The fourth-order valence-corrected chi connectivity index (χ4v) is 2.96. The highest BCUT2D eigenvalue weighted by molar-refractivity contribution is 7.92. The molecule has 2 aromatic carbocycles. The highest BCUT2D eigenvalue weighted by Gasteiger charge is 2.17. The minimum Gasteiger partial charge on any atom is -0.494 e. The molecule has 2 aromatic rings. The van der Waals surface area contributed by atoms with Crippen molar-refractivity contribution in [1.82, 2.24) is 0 Å². The number of methoxy groups -OCH3 is 1.